The topological polar surface area (TPSA) is 69.6 Å². The smallest absolute Gasteiger partial charge is 0.279 e. The average Bonchev–Trinajstić information content (AvgIpc) is 2.37. The van der Waals surface area contributed by atoms with Gasteiger partial charge in [-0.1, -0.05) is 30.3 Å². The molecular weight excluding hydrogens is 264 g/mol. The van der Waals surface area contributed by atoms with Gasteiger partial charge in [-0.25, -0.2) is 0 Å². The summed E-state index contributed by atoms with van der Waals surface area (Å²) in [5, 5.41) is 9.33. The van der Waals surface area contributed by atoms with Gasteiger partial charge in [0.15, 0.2) is 0 Å². The predicted molar refractivity (Wildman–Crippen MR) is 76.0 cm³/mol. The Kier molecular flexibility index (Phi) is 5.93. The van der Waals surface area contributed by atoms with Crippen molar-refractivity contribution in [1.82, 2.24) is 9.03 Å². The summed E-state index contributed by atoms with van der Waals surface area (Å²) in [6.45, 7) is 3.36. The largest absolute Gasteiger partial charge is 0.395 e. The van der Waals surface area contributed by atoms with Crippen molar-refractivity contribution >= 4 is 10.2 Å². The second kappa shape index (κ2) is 7.00. The second-order valence-corrected chi connectivity index (χ2v) is 6.56. The first-order chi connectivity index (χ1) is 8.86. The van der Waals surface area contributed by atoms with Gasteiger partial charge in [0, 0.05) is 13.1 Å². The van der Waals surface area contributed by atoms with Gasteiger partial charge in [0.2, 0.25) is 0 Å². The molecule has 1 aromatic rings. The van der Waals surface area contributed by atoms with Gasteiger partial charge in [-0.3, -0.25) is 0 Å². The molecule has 1 atom stereocenters. The van der Waals surface area contributed by atoms with Gasteiger partial charge in [0.05, 0.1) is 12.6 Å². The molecule has 108 valence electrons. The third-order valence-corrected chi connectivity index (χ3v) is 4.78. The minimum atomic E-state index is -3.57. The number of benzene rings is 1. The number of hydrogen-bond acceptors (Lipinski definition) is 3. The van der Waals surface area contributed by atoms with Crippen LogP contribution in [0.4, 0.5) is 0 Å². The SMILES string of the molecule is CC(C)N(C)S(=O)(=O)NC(CO)Cc1ccccc1. The molecule has 2 N–H and O–H groups in total. The fraction of sp³-hybridized carbons (Fsp3) is 0.538. The second-order valence-electron chi connectivity index (χ2n) is 4.80. The van der Waals surface area contributed by atoms with Crippen LogP contribution in [0.15, 0.2) is 30.3 Å². The van der Waals surface area contributed by atoms with E-state index in [0.29, 0.717) is 6.42 Å². The molecule has 0 saturated carbocycles. The highest BCUT2D eigenvalue weighted by molar-refractivity contribution is 7.87. The Bertz CT molecular complexity index is 474. The van der Waals surface area contributed by atoms with E-state index in [0.717, 1.165) is 5.56 Å². The summed E-state index contributed by atoms with van der Waals surface area (Å²) in [6.07, 6.45) is 0.461. The van der Waals surface area contributed by atoms with Gasteiger partial charge >= 0.3 is 0 Å². The molecule has 1 unspecified atom stereocenters. The van der Waals surface area contributed by atoms with E-state index in [4.69, 9.17) is 0 Å². The summed E-state index contributed by atoms with van der Waals surface area (Å²) in [5.41, 5.74) is 0.983. The van der Waals surface area contributed by atoms with Crippen LogP contribution in [0.3, 0.4) is 0 Å². The lowest BCUT2D eigenvalue weighted by atomic mass is 10.1. The van der Waals surface area contributed by atoms with Gasteiger partial charge in [-0.05, 0) is 25.8 Å². The maximum Gasteiger partial charge on any atom is 0.279 e. The molecule has 0 bridgehead atoms. The third-order valence-electron chi connectivity index (χ3n) is 2.97. The van der Waals surface area contributed by atoms with Crippen LogP contribution in [-0.4, -0.2) is 43.6 Å². The Morgan fingerprint density at radius 3 is 2.32 bits per heavy atom. The molecule has 5 nitrogen and oxygen atoms in total. The first-order valence-corrected chi connectivity index (χ1v) is 7.71. The number of nitrogens with one attached hydrogen (secondary N) is 1. The normalized spacial score (nSPS) is 14.0. The van der Waals surface area contributed by atoms with Crippen molar-refractivity contribution in [3.8, 4) is 0 Å². The van der Waals surface area contributed by atoms with Crippen LogP contribution in [0, 0.1) is 0 Å². The Hall–Kier alpha value is -0.950. The van der Waals surface area contributed by atoms with Crippen LogP contribution < -0.4 is 4.72 Å². The molecule has 0 spiro atoms. The summed E-state index contributed by atoms with van der Waals surface area (Å²) in [7, 11) is -2.05. The van der Waals surface area contributed by atoms with Gasteiger partial charge in [-0.2, -0.15) is 17.4 Å². The predicted octanol–water partition coefficient (Wildman–Crippen LogP) is 0.765. The summed E-state index contributed by atoms with van der Waals surface area (Å²) >= 11 is 0. The van der Waals surface area contributed by atoms with Crippen molar-refractivity contribution in [2.45, 2.75) is 32.4 Å². The summed E-state index contributed by atoms with van der Waals surface area (Å²) in [6, 6.07) is 8.83. The van der Waals surface area contributed by atoms with Crippen molar-refractivity contribution in [2.75, 3.05) is 13.7 Å². The van der Waals surface area contributed by atoms with Crippen LogP contribution in [0.25, 0.3) is 0 Å². The van der Waals surface area contributed by atoms with Crippen molar-refractivity contribution in [2.24, 2.45) is 0 Å². The van der Waals surface area contributed by atoms with Crippen molar-refractivity contribution in [1.29, 1.82) is 0 Å². The highest BCUT2D eigenvalue weighted by atomic mass is 32.2. The highest BCUT2D eigenvalue weighted by Crippen LogP contribution is 2.06. The summed E-state index contributed by atoms with van der Waals surface area (Å²) in [5.74, 6) is 0. The lowest BCUT2D eigenvalue weighted by Gasteiger charge is -2.24. The van der Waals surface area contributed by atoms with E-state index in [9.17, 15) is 13.5 Å². The van der Waals surface area contributed by atoms with Crippen LogP contribution in [-0.2, 0) is 16.6 Å². The maximum atomic E-state index is 12.0. The molecule has 0 aliphatic rings. The lowest BCUT2D eigenvalue weighted by molar-refractivity contribution is 0.253. The molecule has 1 aromatic carbocycles. The van der Waals surface area contributed by atoms with E-state index in [1.54, 1.807) is 13.8 Å². The van der Waals surface area contributed by atoms with Gasteiger partial charge in [0.25, 0.3) is 10.2 Å². The Labute approximate surface area is 115 Å². The highest BCUT2D eigenvalue weighted by Gasteiger charge is 2.24. The van der Waals surface area contributed by atoms with E-state index in [1.165, 1.54) is 11.4 Å². The average molecular weight is 286 g/mol. The summed E-state index contributed by atoms with van der Waals surface area (Å²) < 4.78 is 27.8. The zero-order valence-corrected chi connectivity index (χ0v) is 12.4. The zero-order chi connectivity index (χ0) is 14.5. The van der Waals surface area contributed by atoms with Crippen molar-refractivity contribution < 1.29 is 13.5 Å². The van der Waals surface area contributed by atoms with E-state index >= 15 is 0 Å². The molecule has 6 heteroatoms. The minimum absolute atomic E-state index is 0.131. The molecule has 0 saturated heterocycles. The van der Waals surface area contributed by atoms with E-state index in [-0.39, 0.29) is 12.6 Å². The number of aliphatic hydroxyl groups is 1. The first kappa shape index (κ1) is 16.1. The van der Waals surface area contributed by atoms with Crippen LogP contribution in [0.5, 0.6) is 0 Å². The molecule has 1 rings (SSSR count). The molecular formula is C13H22N2O3S. The minimum Gasteiger partial charge on any atom is -0.395 e. The number of rotatable bonds is 7. The molecule has 19 heavy (non-hydrogen) atoms. The van der Waals surface area contributed by atoms with E-state index in [1.807, 2.05) is 30.3 Å². The quantitative estimate of drug-likeness (QED) is 0.777. The van der Waals surface area contributed by atoms with Crippen LogP contribution in [0.2, 0.25) is 0 Å². The Morgan fingerprint density at radius 1 is 1.26 bits per heavy atom. The number of nitrogens with zero attached hydrogens (tertiary/aromatic N) is 1. The van der Waals surface area contributed by atoms with Crippen LogP contribution >= 0.6 is 0 Å². The summed E-state index contributed by atoms with van der Waals surface area (Å²) in [4.78, 5) is 0. The van der Waals surface area contributed by atoms with Gasteiger partial charge < -0.3 is 5.11 Å². The molecule has 0 fully saturated rings. The van der Waals surface area contributed by atoms with E-state index in [2.05, 4.69) is 4.72 Å². The standard InChI is InChI=1S/C13H22N2O3S/c1-11(2)15(3)19(17,18)14-13(10-16)9-12-7-5-4-6-8-12/h4-8,11,13-14,16H,9-10H2,1-3H3. The molecule has 0 aliphatic heterocycles. The zero-order valence-electron chi connectivity index (χ0n) is 11.6. The first-order valence-electron chi connectivity index (χ1n) is 6.27. The maximum absolute atomic E-state index is 12.0. The Balaban J connectivity index is 2.72. The molecule has 0 radical (unpaired) electrons. The van der Waals surface area contributed by atoms with Crippen molar-refractivity contribution in [3.63, 3.8) is 0 Å². The molecule has 0 heterocycles. The third kappa shape index (κ3) is 4.91. The fourth-order valence-electron chi connectivity index (χ4n) is 1.61. The molecule has 0 aliphatic carbocycles. The number of aliphatic hydroxyl groups excluding tert-OH is 1. The Morgan fingerprint density at radius 2 is 1.84 bits per heavy atom. The van der Waals surface area contributed by atoms with Crippen LogP contribution in [0.1, 0.15) is 19.4 Å². The van der Waals surface area contributed by atoms with Crippen molar-refractivity contribution in [3.05, 3.63) is 35.9 Å². The lowest BCUT2D eigenvalue weighted by Crippen LogP contribution is -2.48. The van der Waals surface area contributed by atoms with Gasteiger partial charge in [-0.15, -0.1) is 0 Å². The molecule has 0 amide bonds. The van der Waals surface area contributed by atoms with Gasteiger partial charge in [0.1, 0.15) is 0 Å². The fourth-order valence-corrected chi connectivity index (χ4v) is 2.91. The number of hydrogen-bond donors (Lipinski definition) is 2. The molecule has 0 aromatic heterocycles. The van der Waals surface area contributed by atoms with E-state index < -0.39 is 16.3 Å². The monoisotopic (exact) mass is 286 g/mol.